The van der Waals surface area contributed by atoms with Crippen LogP contribution in [0, 0.1) is 0 Å². The largest absolute Gasteiger partial charge is 0.416 e. The van der Waals surface area contributed by atoms with Crippen LogP contribution in [-0.4, -0.2) is 0 Å². The minimum absolute atomic E-state index is 0.602. The third-order valence-corrected chi connectivity index (χ3v) is 1.86. The molecular weight excluding hydrogens is 213 g/mol. The monoisotopic (exact) mass is 230 g/mol. The first-order chi connectivity index (χ1) is 7.52. The summed E-state index contributed by atoms with van der Waals surface area (Å²) in [6.45, 7) is 5.78. The molecule has 0 amide bonds. The molecule has 0 aromatic heterocycles. The average molecular weight is 230 g/mol. The van der Waals surface area contributed by atoms with Crippen molar-refractivity contribution < 1.29 is 13.2 Å². The maximum atomic E-state index is 11.8. The number of rotatable bonds is 3. The Morgan fingerprint density at radius 3 is 2.00 bits per heavy atom. The van der Waals surface area contributed by atoms with Crippen LogP contribution in [0.4, 0.5) is 13.2 Å². The van der Waals surface area contributed by atoms with Gasteiger partial charge in [0.05, 0.1) is 5.56 Å². The van der Waals surface area contributed by atoms with Gasteiger partial charge in [-0.15, -0.1) is 6.58 Å². The first-order valence-electron chi connectivity index (χ1n) is 5.25. The zero-order chi connectivity index (χ0) is 12.4. The highest BCUT2D eigenvalue weighted by atomic mass is 19.4. The third kappa shape index (κ3) is 7.10. The Bertz CT molecular complexity index is 275. The lowest BCUT2D eigenvalue weighted by Gasteiger charge is -2.03. The molecule has 0 aliphatic carbocycles. The predicted octanol–water partition coefficient (Wildman–Crippen LogP) is 5.07. The van der Waals surface area contributed by atoms with E-state index in [0.717, 1.165) is 12.1 Å². The highest BCUT2D eigenvalue weighted by Crippen LogP contribution is 2.28. The fourth-order valence-corrected chi connectivity index (χ4v) is 0.976. The van der Waals surface area contributed by atoms with Crippen molar-refractivity contribution in [3.63, 3.8) is 0 Å². The van der Waals surface area contributed by atoms with E-state index in [4.69, 9.17) is 0 Å². The van der Waals surface area contributed by atoms with Crippen molar-refractivity contribution >= 4 is 0 Å². The molecule has 0 fully saturated rings. The first kappa shape index (κ1) is 14.8. The Morgan fingerprint density at radius 1 is 1.19 bits per heavy atom. The number of hydrogen-bond acceptors (Lipinski definition) is 0. The highest BCUT2D eigenvalue weighted by Gasteiger charge is 2.29. The molecule has 0 heterocycles. The number of alkyl halides is 3. The standard InChI is InChI=1S/C7H5F3.C6H12/c8-7(9,10)6-4-2-1-3-5-6;1-3-5-6-4-2/h1-5H;3H,1,4-6H2,2H3. The quantitative estimate of drug-likeness (QED) is 0.502. The number of unbranched alkanes of at least 4 members (excludes halogenated alkanes) is 2. The number of benzene rings is 1. The van der Waals surface area contributed by atoms with Crippen LogP contribution in [0.25, 0.3) is 0 Å². The summed E-state index contributed by atoms with van der Waals surface area (Å²) in [6.07, 6.45) is 1.51. The second-order valence-corrected chi connectivity index (χ2v) is 3.29. The fraction of sp³-hybridized carbons (Fsp3) is 0.385. The van der Waals surface area contributed by atoms with Gasteiger partial charge in [0.1, 0.15) is 0 Å². The van der Waals surface area contributed by atoms with Crippen LogP contribution in [0.5, 0.6) is 0 Å². The van der Waals surface area contributed by atoms with Gasteiger partial charge in [-0.1, -0.05) is 56.2 Å². The lowest BCUT2D eigenvalue weighted by molar-refractivity contribution is -0.137. The first-order valence-corrected chi connectivity index (χ1v) is 5.25. The van der Waals surface area contributed by atoms with E-state index in [1.165, 1.54) is 31.4 Å². The summed E-state index contributed by atoms with van der Waals surface area (Å²) in [5.74, 6) is 0. The topological polar surface area (TPSA) is 0 Å². The number of halogens is 3. The van der Waals surface area contributed by atoms with Gasteiger partial charge in [-0.2, -0.15) is 13.2 Å². The zero-order valence-corrected chi connectivity index (χ0v) is 9.43. The summed E-state index contributed by atoms with van der Waals surface area (Å²) in [4.78, 5) is 0. The normalized spacial score (nSPS) is 10.2. The Hall–Kier alpha value is -1.25. The summed E-state index contributed by atoms with van der Waals surface area (Å²) >= 11 is 0. The van der Waals surface area contributed by atoms with Gasteiger partial charge in [0, 0.05) is 0 Å². The molecule has 0 nitrogen and oxygen atoms in total. The van der Waals surface area contributed by atoms with Gasteiger partial charge in [0.2, 0.25) is 0 Å². The van der Waals surface area contributed by atoms with Crippen molar-refractivity contribution in [1.29, 1.82) is 0 Å². The van der Waals surface area contributed by atoms with E-state index in [1.807, 2.05) is 6.08 Å². The summed E-state index contributed by atoms with van der Waals surface area (Å²) < 4.78 is 35.4. The SMILES string of the molecule is C=CCCCC.FC(F)(F)c1ccccc1. The molecule has 90 valence electrons. The van der Waals surface area contributed by atoms with E-state index in [9.17, 15) is 13.2 Å². The Kier molecular flexibility index (Phi) is 7.34. The molecule has 1 aromatic rings. The molecule has 0 aliphatic heterocycles. The molecule has 0 bridgehead atoms. The Labute approximate surface area is 94.8 Å². The minimum Gasteiger partial charge on any atom is -0.166 e. The van der Waals surface area contributed by atoms with Gasteiger partial charge in [0.15, 0.2) is 0 Å². The lowest BCUT2D eigenvalue weighted by Crippen LogP contribution is -2.03. The molecule has 0 saturated carbocycles. The fourth-order valence-electron chi connectivity index (χ4n) is 0.976. The van der Waals surface area contributed by atoms with E-state index in [2.05, 4.69) is 13.5 Å². The van der Waals surface area contributed by atoms with E-state index in [-0.39, 0.29) is 0 Å². The van der Waals surface area contributed by atoms with Crippen molar-refractivity contribution in [2.45, 2.75) is 32.4 Å². The summed E-state index contributed by atoms with van der Waals surface area (Å²) in [5.41, 5.74) is -0.602. The molecule has 0 unspecified atom stereocenters. The van der Waals surface area contributed by atoms with Crippen LogP contribution in [-0.2, 0) is 6.18 Å². The van der Waals surface area contributed by atoms with E-state index in [1.54, 1.807) is 6.07 Å². The molecule has 3 heteroatoms. The summed E-state index contributed by atoms with van der Waals surface area (Å²) in [6, 6.07) is 6.36. The van der Waals surface area contributed by atoms with Gasteiger partial charge in [-0.25, -0.2) is 0 Å². The van der Waals surface area contributed by atoms with Gasteiger partial charge in [0.25, 0.3) is 0 Å². The third-order valence-electron chi connectivity index (χ3n) is 1.86. The van der Waals surface area contributed by atoms with Crippen molar-refractivity contribution in [3.8, 4) is 0 Å². The summed E-state index contributed by atoms with van der Waals surface area (Å²) in [5, 5.41) is 0. The van der Waals surface area contributed by atoms with Crippen LogP contribution in [0.3, 0.4) is 0 Å². The van der Waals surface area contributed by atoms with Gasteiger partial charge < -0.3 is 0 Å². The molecule has 1 aromatic carbocycles. The lowest BCUT2D eigenvalue weighted by atomic mass is 10.2. The van der Waals surface area contributed by atoms with Gasteiger partial charge >= 0.3 is 6.18 Å². The average Bonchev–Trinajstić information content (AvgIpc) is 2.27. The van der Waals surface area contributed by atoms with Crippen molar-refractivity contribution in [1.82, 2.24) is 0 Å². The molecule has 0 aliphatic rings. The summed E-state index contributed by atoms with van der Waals surface area (Å²) in [7, 11) is 0. The second-order valence-electron chi connectivity index (χ2n) is 3.29. The molecule has 0 saturated heterocycles. The maximum absolute atomic E-state index is 11.8. The minimum atomic E-state index is -4.21. The van der Waals surface area contributed by atoms with Crippen LogP contribution < -0.4 is 0 Å². The molecule has 0 spiro atoms. The number of hydrogen-bond donors (Lipinski definition) is 0. The second kappa shape index (κ2) is 7.97. The number of allylic oxidation sites excluding steroid dienone is 1. The van der Waals surface area contributed by atoms with E-state index < -0.39 is 11.7 Å². The molecular formula is C13H17F3. The van der Waals surface area contributed by atoms with Gasteiger partial charge in [-0.3, -0.25) is 0 Å². The molecule has 0 N–H and O–H groups in total. The van der Waals surface area contributed by atoms with E-state index >= 15 is 0 Å². The molecule has 0 atom stereocenters. The van der Waals surface area contributed by atoms with Crippen LogP contribution in [0.2, 0.25) is 0 Å². The van der Waals surface area contributed by atoms with Crippen molar-refractivity contribution in [2.75, 3.05) is 0 Å². The maximum Gasteiger partial charge on any atom is 0.416 e. The zero-order valence-electron chi connectivity index (χ0n) is 9.43. The molecule has 1 rings (SSSR count). The van der Waals surface area contributed by atoms with Crippen molar-refractivity contribution in [2.24, 2.45) is 0 Å². The van der Waals surface area contributed by atoms with Crippen LogP contribution in [0.1, 0.15) is 31.7 Å². The van der Waals surface area contributed by atoms with E-state index in [0.29, 0.717) is 0 Å². The smallest absolute Gasteiger partial charge is 0.166 e. The predicted molar refractivity (Wildman–Crippen MR) is 61.2 cm³/mol. The van der Waals surface area contributed by atoms with Crippen LogP contribution >= 0.6 is 0 Å². The van der Waals surface area contributed by atoms with Gasteiger partial charge in [-0.05, 0) is 6.42 Å². The van der Waals surface area contributed by atoms with Crippen molar-refractivity contribution in [3.05, 3.63) is 48.6 Å². The highest BCUT2D eigenvalue weighted by molar-refractivity contribution is 5.17. The Balaban J connectivity index is 0.000000325. The molecule has 0 radical (unpaired) electrons. The molecule has 16 heavy (non-hydrogen) atoms. The van der Waals surface area contributed by atoms with Crippen LogP contribution in [0.15, 0.2) is 43.0 Å². The Morgan fingerprint density at radius 2 is 1.75 bits per heavy atom.